The Balaban J connectivity index is 2.26. The van der Waals surface area contributed by atoms with Gasteiger partial charge in [0.15, 0.2) is 0 Å². The van der Waals surface area contributed by atoms with Crippen molar-refractivity contribution in [3.63, 3.8) is 0 Å². The highest BCUT2D eigenvalue weighted by Crippen LogP contribution is 2.27. The van der Waals surface area contributed by atoms with E-state index in [0.717, 1.165) is 5.56 Å². The number of carbonyl (C=O) groups is 2. The molecule has 1 atom stereocenters. The van der Waals surface area contributed by atoms with Crippen LogP contribution < -0.4 is 5.32 Å². The molecular weight excluding hydrogens is 395 g/mol. The van der Waals surface area contributed by atoms with E-state index in [1.807, 2.05) is 44.2 Å². The number of likely N-dealkylation sites (N-methyl/N-ethyl adjacent to an activating group) is 1. The SMILES string of the molecule is CCNC(=O)[C@@H](CC)N(Cc1c(Cl)cccc1Cl)C(=O)CCc1ccccc1. The van der Waals surface area contributed by atoms with Crippen LogP contribution in [0.3, 0.4) is 0 Å². The third-order valence-electron chi connectivity index (χ3n) is 4.60. The van der Waals surface area contributed by atoms with Gasteiger partial charge in [-0.05, 0) is 37.5 Å². The molecule has 0 aromatic heterocycles. The maximum Gasteiger partial charge on any atom is 0.242 e. The first-order valence-electron chi connectivity index (χ1n) is 9.51. The lowest BCUT2D eigenvalue weighted by Gasteiger charge is -2.31. The highest BCUT2D eigenvalue weighted by atomic mass is 35.5. The fourth-order valence-electron chi connectivity index (χ4n) is 3.10. The molecular formula is C22H26Cl2N2O2. The molecule has 2 rings (SSSR count). The van der Waals surface area contributed by atoms with E-state index in [1.54, 1.807) is 23.1 Å². The van der Waals surface area contributed by atoms with Crippen molar-refractivity contribution < 1.29 is 9.59 Å². The Morgan fingerprint density at radius 1 is 1.00 bits per heavy atom. The lowest BCUT2D eigenvalue weighted by molar-refractivity contribution is -0.141. The van der Waals surface area contributed by atoms with Crippen molar-refractivity contribution in [2.45, 2.75) is 45.7 Å². The van der Waals surface area contributed by atoms with E-state index in [0.29, 0.717) is 41.4 Å². The molecule has 0 bridgehead atoms. The zero-order valence-corrected chi connectivity index (χ0v) is 17.8. The Kier molecular flexibility index (Phi) is 8.81. The van der Waals surface area contributed by atoms with Crippen LogP contribution in [0.15, 0.2) is 48.5 Å². The number of carbonyl (C=O) groups excluding carboxylic acids is 2. The van der Waals surface area contributed by atoms with Crippen LogP contribution in [0.4, 0.5) is 0 Å². The van der Waals surface area contributed by atoms with Crippen molar-refractivity contribution in [1.29, 1.82) is 0 Å². The molecule has 2 amide bonds. The summed E-state index contributed by atoms with van der Waals surface area (Å²) in [7, 11) is 0. The highest BCUT2D eigenvalue weighted by Gasteiger charge is 2.29. The lowest BCUT2D eigenvalue weighted by atomic mass is 10.1. The number of halogens is 2. The van der Waals surface area contributed by atoms with Gasteiger partial charge in [0.05, 0.1) is 0 Å². The molecule has 2 aromatic carbocycles. The largest absolute Gasteiger partial charge is 0.355 e. The third-order valence-corrected chi connectivity index (χ3v) is 5.31. The van der Waals surface area contributed by atoms with Gasteiger partial charge in [0.2, 0.25) is 11.8 Å². The number of aryl methyl sites for hydroxylation is 1. The van der Waals surface area contributed by atoms with Gasteiger partial charge in [-0.3, -0.25) is 9.59 Å². The van der Waals surface area contributed by atoms with Crippen molar-refractivity contribution in [2.24, 2.45) is 0 Å². The van der Waals surface area contributed by atoms with Gasteiger partial charge in [-0.1, -0.05) is 66.5 Å². The average molecular weight is 421 g/mol. The van der Waals surface area contributed by atoms with Gasteiger partial charge < -0.3 is 10.2 Å². The van der Waals surface area contributed by atoms with Gasteiger partial charge in [-0.15, -0.1) is 0 Å². The number of nitrogens with zero attached hydrogens (tertiary/aromatic N) is 1. The van der Waals surface area contributed by atoms with E-state index in [9.17, 15) is 9.59 Å². The Labute approximate surface area is 176 Å². The number of nitrogens with one attached hydrogen (secondary N) is 1. The number of hydrogen-bond acceptors (Lipinski definition) is 2. The molecule has 0 saturated heterocycles. The standard InChI is InChI=1S/C22H26Cl2N2O2/c1-3-20(22(28)25-4-2)26(15-17-18(23)11-8-12-19(17)24)21(27)14-13-16-9-6-5-7-10-16/h5-12,20H,3-4,13-15H2,1-2H3,(H,25,28)/t20-/m1/s1. The molecule has 0 radical (unpaired) electrons. The second-order valence-corrected chi connectivity index (χ2v) is 7.34. The van der Waals surface area contributed by atoms with Gasteiger partial charge in [0, 0.05) is 35.1 Å². The normalized spacial score (nSPS) is 11.7. The van der Waals surface area contributed by atoms with Crippen molar-refractivity contribution in [1.82, 2.24) is 10.2 Å². The number of benzene rings is 2. The number of hydrogen-bond donors (Lipinski definition) is 1. The molecule has 2 aromatic rings. The van der Waals surface area contributed by atoms with Crippen LogP contribution in [-0.4, -0.2) is 29.3 Å². The molecule has 0 aliphatic rings. The Morgan fingerprint density at radius 3 is 2.21 bits per heavy atom. The van der Waals surface area contributed by atoms with E-state index in [-0.39, 0.29) is 18.4 Å². The predicted octanol–water partition coefficient (Wildman–Crippen LogP) is 4.87. The van der Waals surface area contributed by atoms with Crippen molar-refractivity contribution in [2.75, 3.05) is 6.54 Å². The summed E-state index contributed by atoms with van der Waals surface area (Å²) in [4.78, 5) is 27.3. The van der Waals surface area contributed by atoms with Crippen molar-refractivity contribution in [3.05, 3.63) is 69.7 Å². The zero-order valence-electron chi connectivity index (χ0n) is 16.3. The summed E-state index contributed by atoms with van der Waals surface area (Å²) in [5.41, 5.74) is 1.74. The number of rotatable bonds is 9. The van der Waals surface area contributed by atoms with Crippen LogP contribution in [-0.2, 0) is 22.6 Å². The van der Waals surface area contributed by atoms with Crippen LogP contribution in [0.5, 0.6) is 0 Å². The van der Waals surface area contributed by atoms with Crippen LogP contribution in [0.25, 0.3) is 0 Å². The summed E-state index contributed by atoms with van der Waals surface area (Å²) in [6.45, 7) is 4.46. The minimum atomic E-state index is -0.574. The topological polar surface area (TPSA) is 49.4 Å². The number of amides is 2. The third kappa shape index (κ3) is 5.98. The molecule has 0 heterocycles. The van der Waals surface area contributed by atoms with E-state index in [4.69, 9.17) is 23.2 Å². The maximum absolute atomic E-state index is 13.1. The molecule has 0 aliphatic carbocycles. The van der Waals surface area contributed by atoms with Gasteiger partial charge in [-0.25, -0.2) is 0 Å². The first-order valence-corrected chi connectivity index (χ1v) is 10.3. The maximum atomic E-state index is 13.1. The van der Waals surface area contributed by atoms with Gasteiger partial charge in [0.25, 0.3) is 0 Å². The highest BCUT2D eigenvalue weighted by molar-refractivity contribution is 6.36. The monoisotopic (exact) mass is 420 g/mol. The summed E-state index contributed by atoms with van der Waals surface area (Å²) in [6, 6.07) is 14.5. The van der Waals surface area contributed by atoms with E-state index in [2.05, 4.69) is 5.32 Å². The molecule has 28 heavy (non-hydrogen) atoms. The summed E-state index contributed by atoms with van der Waals surface area (Å²) in [6.07, 6.45) is 1.42. The lowest BCUT2D eigenvalue weighted by Crippen LogP contribution is -2.49. The molecule has 6 heteroatoms. The van der Waals surface area contributed by atoms with Gasteiger partial charge in [0.1, 0.15) is 6.04 Å². The molecule has 0 saturated carbocycles. The molecule has 0 spiro atoms. The quantitative estimate of drug-likeness (QED) is 0.628. The molecule has 0 unspecified atom stereocenters. The second kappa shape index (κ2) is 11.1. The molecule has 0 aliphatic heterocycles. The van der Waals surface area contributed by atoms with Gasteiger partial charge >= 0.3 is 0 Å². The van der Waals surface area contributed by atoms with Crippen LogP contribution in [0.2, 0.25) is 10.0 Å². The molecule has 0 fully saturated rings. The van der Waals surface area contributed by atoms with E-state index < -0.39 is 6.04 Å². The van der Waals surface area contributed by atoms with Crippen LogP contribution in [0.1, 0.15) is 37.8 Å². The minimum absolute atomic E-state index is 0.0991. The molecule has 1 N–H and O–H groups in total. The van der Waals surface area contributed by atoms with E-state index in [1.165, 1.54) is 0 Å². The minimum Gasteiger partial charge on any atom is -0.355 e. The summed E-state index contributed by atoms with van der Waals surface area (Å²) in [5.74, 6) is -0.265. The Bertz CT molecular complexity index is 776. The zero-order chi connectivity index (χ0) is 20.5. The van der Waals surface area contributed by atoms with Crippen LogP contribution >= 0.6 is 23.2 Å². The van der Waals surface area contributed by atoms with E-state index >= 15 is 0 Å². The average Bonchev–Trinajstić information content (AvgIpc) is 2.69. The molecule has 150 valence electrons. The summed E-state index contributed by atoms with van der Waals surface area (Å²) >= 11 is 12.6. The smallest absolute Gasteiger partial charge is 0.242 e. The fourth-order valence-corrected chi connectivity index (χ4v) is 3.62. The second-order valence-electron chi connectivity index (χ2n) is 6.53. The van der Waals surface area contributed by atoms with Crippen molar-refractivity contribution in [3.8, 4) is 0 Å². The Hall–Kier alpha value is -2.04. The van der Waals surface area contributed by atoms with Gasteiger partial charge in [-0.2, -0.15) is 0 Å². The summed E-state index contributed by atoms with van der Waals surface area (Å²) < 4.78 is 0. The summed E-state index contributed by atoms with van der Waals surface area (Å²) in [5, 5.41) is 3.79. The van der Waals surface area contributed by atoms with Crippen molar-refractivity contribution >= 4 is 35.0 Å². The first kappa shape index (κ1) is 22.3. The molecule has 4 nitrogen and oxygen atoms in total. The fraction of sp³-hybridized carbons (Fsp3) is 0.364. The Morgan fingerprint density at radius 2 is 1.64 bits per heavy atom. The van der Waals surface area contributed by atoms with Crippen LogP contribution in [0, 0.1) is 0 Å². The first-order chi connectivity index (χ1) is 13.5. The predicted molar refractivity (Wildman–Crippen MR) is 115 cm³/mol.